The van der Waals surface area contributed by atoms with E-state index in [0.29, 0.717) is 5.92 Å². The maximum atomic E-state index is 3.74. The van der Waals surface area contributed by atoms with Gasteiger partial charge in [-0.05, 0) is 0 Å². The number of allylic oxidation sites excluding steroid dienone is 1. The van der Waals surface area contributed by atoms with Crippen molar-refractivity contribution in [3.63, 3.8) is 0 Å². The molecule has 0 aliphatic heterocycles. The fourth-order valence-electron chi connectivity index (χ4n) is 0.825. The molecule has 1 atom stereocenters. The molecule has 0 fully saturated rings. The van der Waals surface area contributed by atoms with E-state index in [4.69, 9.17) is 0 Å². The Balaban J connectivity index is -0.000000405. The van der Waals surface area contributed by atoms with Crippen LogP contribution in [-0.4, -0.2) is 23.1 Å². The Morgan fingerprint density at radius 1 is 1.50 bits per heavy atom. The van der Waals surface area contributed by atoms with E-state index in [1.54, 1.807) is 0 Å². The van der Waals surface area contributed by atoms with Crippen molar-refractivity contribution >= 4 is 23.1 Å². The molecule has 0 saturated carbocycles. The molecule has 0 N–H and O–H groups in total. The molecule has 12 heavy (non-hydrogen) atoms. The van der Waals surface area contributed by atoms with E-state index in [-0.39, 0.29) is 35.5 Å². The second-order valence-electron chi connectivity index (χ2n) is 2.88. The summed E-state index contributed by atoms with van der Waals surface area (Å²) in [6.45, 7) is 8.17. The van der Waals surface area contributed by atoms with Gasteiger partial charge in [0.05, 0.1) is 0 Å². The molecule has 0 aromatic carbocycles. The third-order valence-corrected chi connectivity index (χ3v) is 1.70. The first-order chi connectivity index (χ1) is 4.81. The van der Waals surface area contributed by atoms with Gasteiger partial charge >= 0.3 is 23.1 Å². The van der Waals surface area contributed by atoms with Crippen molar-refractivity contribution in [2.24, 2.45) is 5.92 Å². The molecule has 68 valence electrons. The summed E-state index contributed by atoms with van der Waals surface area (Å²) < 4.78 is 0. The molecule has 0 aromatic rings. The Morgan fingerprint density at radius 3 is 2.50 bits per heavy atom. The van der Waals surface area contributed by atoms with Crippen molar-refractivity contribution in [1.29, 1.82) is 0 Å². The SMILES string of the molecule is C=CC(C)C[CH-]CCCC.[Cl-].[Mg+2]. The predicted molar refractivity (Wildman–Crippen MR) is 53.6 cm³/mol. The molecule has 0 amide bonds. The summed E-state index contributed by atoms with van der Waals surface area (Å²) in [4.78, 5) is 0. The van der Waals surface area contributed by atoms with Crippen LogP contribution < -0.4 is 12.4 Å². The van der Waals surface area contributed by atoms with E-state index in [0.717, 1.165) is 0 Å². The van der Waals surface area contributed by atoms with Crippen molar-refractivity contribution in [3.05, 3.63) is 19.1 Å². The Bertz CT molecular complexity index is 83.9. The van der Waals surface area contributed by atoms with Crippen molar-refractivity contribution < 1.29 is 12.4 Å². The van der Waals surface area contributed by atoms with Crippen molar-refractivity contribution in [2.45, 2.75) is 39.5 Å². The minimum atomic E-state index is 0. The second kappa shape index (κ2) is 14.3. The molecule has 0 aliphatic rings. The van der Waals surface area contributed by atoms with Crippen molar-refractivity contribution in [1.82, 2.24) is 0 Å². The van der Waals surface area contributed by atoms with Crippen LogP contribution in [0.5, 0.6) is 0 Å². The zero-order chi connectivity index (χ0) is 7.82. The van der Waals surface area contributed by atoms with Crippen LogP contribution >= 0.6 is 0 Å². The second-order valence-corrected chi connectivity index (χ2v) is 2.88. The van der Waals surface area contributed by atoms with E-state index in [1.165, 1.54) is 25.7 Å². The van der Waals surface area contributed by atoms with E-state index >= 15 is 0 Å². The van der Waals surface area contributed by atoms with E-state index in [9.17, 15) is 0 Å². The third kappa shape index (κ3) is 13.4. The molecular weight excluding hydrogens is 180 g/mol. The van der Waals surface area contributed by atoms with Gasteiger partial charge in [0.15, 0.2) is 0 Å². The summed E-state index contributed by atoms with van der Waals surface area (Å²) in [7, 11) is 0. The first kappa shape index (κ1) is 18.6. The van der Waals surface area contributed by atoms with Crippen LogP contribution in [0.2, 0.25) is 0 Å². The van der Waals surface area contributed by atoms with Crippen LogP contribution in [-0.2, 0) is 0 Å². The van der Waals surface area contributed by atoms with Gasteiger partial charge in [-0.1, -0.05) is 38.7 Å². The maximum absolute atomic E-state index is 3.74. The summed E-state index contributed by atoms with van der Waals surface area (Å²) in [5.74, 6) is 0.664. The van der Waals surface area contributed by atoms with Gasteiger partial charge in [-0.25, -0.2) is 0 Å². The minimum Gasteiger partial charge on any atom is -1.00 e. The molecule has 0 bridgehead atoms. The summed E-state index contributed by atoms with van der Waals surface area (Å²) in [5.41, 5.74) is 0. The van der Waals surface area contributed by atoms with Crippen LogP contribution in [0.1, 0.15) is 39.5 Å². The number of halogens is 1. The van der Waals surface area contributed by atoms with Crippen LogP contribution in [0.15, 0.2) is 12.7 Å². The topological polar surface area (TPSA) is 0 Å². The van der Waals surface area contributed by atoms with Crippen LogP contribution in [0.3, 0.4) is 0 Å². The van der Waals surface area contributed by atoms with Gasteiger partial charge in [0.1, 0.15) is 0 Å². The third-order valence-electron chi connectivity index (χ3n) is 1.70. The number of hydrogen-bond donors (Lipinski definition) is 0. The monoisotopic (exact) mass is 198 g/mol. The number of unbranched alkanes of at least 4 members (excludes halogenated alkanes) is 3. The molecule has 0 spiro atoms. The zero-order valence-corrected chi connectivity index (χ0v) is 10.5. The van der Waals surface area contributed by atoms with Crippen LogP contribution in [0, 0.1) is 12.3 Å². The van der Waals surface area contributed by atoms with Crippen molar-refractivity contribution in [3.8, 4) is 0 Å². The smallest absolute Gasteiger partial charge is 1.00 e. The Morgan fingerprint density at radius 2 is 2.08 bits per heavy atom. The van der Waals surface area contributed by atoms with Gasteiger partial charge in [0, 0.05) is 0 Å². The molecule has 1 unspecified atom stereocenters. The van der Waals surface area contributed by atoms with Gasteiger partial charge in [-0.3, -0.25) is 0 Å². The molecule has 2 heteroatoms. The zero-order valence-electron chi connectivity index (χ0n) is 8.35. The van der Waals surface area contributed by atoms with E-state index < -0.39 is 0 Å². The maximum Gasteiger partial charge on any atom is 2.00 e. The van der Waals surface area contributed by atoms with Gasteiger partial charge in [0.25, 0.3) is 0 Å². The minimum absolute atomic E-state index is 0. The molecule has 0 aliphatic carbocycles. The summed E-state index contributed by atoms with van der Waals surface area (Å²) in [5, 5.41) is 0. The largest absolute Gasteiger partial charge is 2.00 e. The molecule has 0 heterocycles. The van der Waals surface area contributed by atoms with Gasteiger partial charge < -0.3 is 18.8 Å². The fraction of sp³-hybridized carbons (Fsp3) is 0.700. The van der Waals surface area contributed by atoms with Gasteiger partial charge in [-0.15, -0.1) is 6.58 Å². The number of hydrogen-bond acceptors (Lipinski definition) is 0. The van der Waals surface area contributed by atoms with Crippen LogP contribution in [0.25, 0.3) is 0 Å². The average molecular weight is 199 g/mol. The summed E-state index contributed by atoms with van der Waals surface area (Å²) in [6, 6.07) is 0. The number of rotatable bonds is 6. The summed E-state index contributed by atoms with van der Waals surface area (Å²) >= 11 is 0. The molecule has 0 saturated heterocycles. The first-order valence-corrected chi connectivity index (χ1v) is 4.25. The normalized spacial score (nSPS) is 10.8. The summed E-state index contributed by atoms with van der Waals surface area (Å²) in [6.07, 6.45) is 9.50. The molecule has 0 rings (SSSR count). The molecule has 0 aromatic heterocycles. The average Bonchev–Trinajstić information content (AvgIpc) is 1.98. The molecule has 0 radical (unpaired) electrons. The van der Waals surface area contributed by atoms with Gasteiger partial charge in [0.2, 0.25) is 0 Å². The quantitative estimate of drug-likeness (QED) is 0.248. The Labute approximate surface area is 99.8 Å². The Kier molecular flexibility index (Phi) is 22.2. The Hall–Kier alpha value is 0.796. The molecular formula is C10H19ClMg. The van der Waals surface area contributed by atoms with Crippen molar-refractivity contribution in [2.75, 3.05) is 0 Å². The molecule has 0 nitrogen and oxygen atoms in total. The van der Waals surface area contributed by atoms with E-state index in [2.05, 4.69) is 26.8 Å². The van der Waals surface area contributed by atoms with E-state index in [1.807, 2.05) is 6.08 Å². The standard InChI is InChI=1S/C10H19.ClH.Mg/c1-4-6-7-8-9-10(3)5-2;;/h5,8,10H,2,4,6-7,9H2,1,3H3;1H;/q-1;;+2/p-1. The van der Waals surface area contributed by atoms with Gasteiger partial charge in [-0.2, -0.15) is 12.8 Å². The fourth-order valence-corrected chi connectivity index (χ4v) is 0.825. The predicted octanol–water partition coefficient (Wildman–Crippen LogP) is 0.216. The first-order valence-electron chi connectivity index (χ1n) is 4.25. The van der Waals surface area contributed by atoms with Crippen LogP contribution in [0.4, 0.5) is 0 Å².